The first-order valence-electron chi connectivity index (χ1n) is 10.8. The van der Waals surface area contributed by atoms with Gasteiger partial charge in [-0.3, -0.25) is 9.59 Å². The van der Waals surface area contributed by atoms with Crippen LogP contribution in [-0.2, 0) is 15.6 Å². The van der Waals surface area contributed by atoms with Gasteiger partial charge in [-0.25, -0.2) is 9.18 Å². The number of amides is 1. The van der Waals surface area contributed by atoms with Crippen molar-refractivity contribution in [3.05, 3.63) is 69.3 Å². The van der Waals surface area contributed by atoms with Crippen molar-refractivity contribution >= 4 is 28.7 Å². The smallest absolute Gasteiger partial charge is 0.437 e. The van der Waals surface area contributed by atoms with Crippen molar-refractivity contribution < 1.29 is 23.5 Å². The second-order valence-electron chi connectivity index (χ2n) is 10.1. The summed E-state index contributed by atoms with van der Waals surface area (Å²) in [4.78, 5) is 40.8. The molecule has 0 spiro atoms. The van der Waals surface area contributed by atoms with Gasteiger partial charge >= 0.3 is 6.16 Å². The number of aromatic amines is 1. The Balaban J connectivity index is 2.14. The molecule has 0 saturated carbocycles. The van der Waals surface area contributed by atoms with E-state index >= 15 is 0 Å². The lowest BCUT2D eigenvalue weighted by atomic mass is 9.79. The normalized spacial score (nSPS) is 11.9. The second kappa shape index (κ2) is 8.93. The Kier molecular flexibility index (Phi) is 6.55. The van der Waals surface area contributed by atoms with E-state index in [9.17, 15) is 18.8 Å². The van der Waals surface area contributed by atoms with Gasteiger partial charge in [0.05, 0.1) is 7.11 Å². The third kappa shape index (κ3) is 5.11. The first-order chi connectivity index (χ1) is 15.7. The molecular weight excluding hydrogens is 439 g/mol. The van der Waals surface area contributed by atoms with Gasteiger partial charge in [0.15, 0.2) is 0 Å². The Morgan fingerprint density at radius 3 is 2.21 bits per heavy atom. The molecule has 0 aliphatic rings. The number of benzene rings is 2. The topological polar surface area (TPSA) is 97.5 Å². The van der Waals surface area contributed by atoms with Crippen LogP contribution in [0, 0.1) is 5.82 Å². The number of carbonyl (C=O) groups excluding carboxylic acids is 2. The van der Waals surface area contributed by atoms with Crippen molar-refractivity contribution in [2.24, 2.45) is 0 Å². The molecular formula is C26H29FN2O5. The summed E-state index contributed by atoms with van der Waals surface area (Å²) >= 11 is 0. The third-order valence-electron chi connectivity index (χ3n) is 5.43. The Morgan fingerprint density at radius 2 is 1.62 bits per heavy atom. The number of hydrogen-bond donors (Lipinski definition) is 2. The standard InChI is InChI=1S/C26H29FN2O5/c1-25(2,3)17-11-18(26(4,5)6)21(34-24(32)33-7)12-20(17)29-23(31)16-13-28-19-9-8-14(27)10-15(19)22(16)30/h8-13H,1-7H3,(H,28,30)(H,29,31). The molecule has 2 N–H and O–H groups in total. The predicted molar refractivity (Wildman–Crippen MR) is 129 cm³/mol. The van der Waals surface area contributed by atoms with E-state index in [2.05, 4.69) is 15.0 Å². The molecule has 3 rings (SSSR count). The zero-order valence-corrected chi connectivity index (χ0v) is 20.4. The highest BCUT2D eigenvalue weighted by atomic mass is 19.1. The number of fused-ring (bicyclic) bond motifs is 1. The zero-order valence-electron chi connectivity index (χ0n) is 20.4. The van der Waals surface area contributed by atoms with Crippen LogP contribution in [0.5, 0.6) is 5.75 Å². The number of carbonyl (C=O) groups is 2. The molecule has 0 radical (unpaired) electrons. The highest BCUT2D eigenvalue weighted by molar-refractivity contribution is 6.06. The molecule has 2 aromatic carbocycles. The number of anilines is 1. The molecule has 7 nitrogen and oxygen atoms in total. The molecule has 0 aliphatic carbocycles. The van der Waals surface area contributed by atoms with Gasteiger partial charge < -0.3 is 19.8 Å². The van der Waals surface area contributed by atoms with Crippen molar-refractivity contribution in [2.45, 2.75) is 52.4 Å². The fourth-order valence-corrected chi connectivity index (χ4v) is 3.65. The average molecular weight is 469 g/mol. The summed E-state index contributed by atoms with van der Waals surface area (Å²) in [5, 5.41) is 2.85. The van der Waals surface area contributed by atoms with E-state index in [4.69, 9.17) is 4.74 Å². The summed E-state index contributed by atoms with van der Waals surface area (Å²) in [6, 6.07) is 7.20. The predicted octanol–water partition coefficient (Wildman–Crippen LogP) is 5.66. The van der Waals surface area contributed by atoms with Gasteiger partial charge in [0.25, 0.3) is 5.91 Å². The van der Waals surface area contributed by atoms with Crippen LogP contribution >= 0.6 is 0 Å². The van der Waals surface area contributed by atoms with Gasteiger partial charge in [-0.05, 0) is 40.7 Å². The minimum absolute atomic E-state index is 0.0708. The number of hydrogen-bond acceptors (Lipinski definition) is 5. The molecule has 0 atom stereocenters. The fraction of sp³-hybridized carbons (Fsp3) is 0.346. The van der Waals surface area contributed by atoms with Crippen LogP contribution in [0.1, 0.15) is 63.0 Å². The van der Waals surface area contributed by atoms with Crippen molar-refractivity contribution in [1.82, 2.24) is 4.98 Å². The van der Waals surface area contributed by atoms with Gasteiger partial charge in [0, 0.05) is 34.4 Å². The van der Waals surface area contributed by atoms with E-state index in [1.807, 2.05) is 47.6 Å². The first-order valence-corrected chi connectivity index (χ1v) is 10.8. The molecule has 1 aromatic heterocycles. The highest BCUT2D eigenvalue weighted by Crippen LogP contribution is 2.40. The minimum Gasteiger partial charge on any atom is -0.437 e. The maximum absolute atomic E-state index is 13.7. The largest absolute Gasteiger partial charge is 0.513 e. The average Bonchev–Trinajstić information content (AvgIpc) is 2.72. The number of aromatic nitrogens is 1. The molecule has 3 aromatic rings. The Labute approximate surface area is 197 Å². The fourth-order valence-electron chi connectivity index (χ4n) is 3.65. The number of halogens is 1. The van der Waals surface area contributed by atoms with Gasteiger partial charge in [0.1, 0.15) is 17.1 Å². The van der Waals surface area contributed by atoms with Gasteiger partial charge in [0.2, 0.25) is 5.43 Å². The number of pyridine rings is 1. The molecule has 1 heterocycles. The molecule has 34 heavy (non-hydrogen) atoms. The van der Waals surface area contributed by atoms with Crippen LogP contribution < -0.4 is 15.5 Å². The van der Waals surface area contributed by atoms with E-state index in [0.29, 0.717) is 11.2 Å². The molecule has 8 heteroatoms. The van der Waals surface area contributed by atoms with Gasteiger partial charge in [-0.2, -0.15) is 0 Å². The summed E-state index contributed by atoms with van der Waals surface area (Å²) in [6.45, 7) is 11.9. The minimum atomic E-state index is -0.890. The Bertz CT molecular complexity index is 1330. The van der Waals surface area contributed by atoms with Crippen molar-refractivity contribution in [1.29, 1.82) is 0 Å². The summed E-state index contributed by atoms with van der Waals surface area (Å²) in [5.74, 6) is -1.02. The van der Waals surface area contributed by atoms with E-state index in [-0.39, 0.29) is 22.1 Å². The maximum Gasteiger partial charge on any atom is 0.513 e. The van der Waals surface area contributed by atoms with Crippen LogP contribution in [0.3, 0.4) is 0 Å². The van der Waals surface area contributed by atoms with Crippen molar-refractivity contribution in [3.8, 4) is 5.75 Å². The summed E-state index contributed by atoms with van der Waals surface area (Å²) in [6.07, 6.45) is 0.406. The van der Waals surface area contributed by atoms with E-state index in [1.54, 1.807) is 6.07 Å². The number of nitrogens with one attached hydrogen (secondary N) is 2. The van der Waals surface area contributed by atoms with Gasteiger partial charge in [-0.15, -0.1) is 0 Å². The lowest BCUT2D eigenvalue weighted by molar-refractivity contribution is 0.102. The van der Waals surface area contributed by atoms with Crippen molar-refractivity contribution in [3.63, 3.8) is 0 Å². The third-order valence-corrected chi connectivity index (χ3v) is 5.43. The molecule has 180 valence electrons. The van der Waals surface area contributed by atoms with Crippen LogP contribution in [0.25, 0.3) is 10.9 Å². The molecule has 1 amide bonds. The van der Waals surface area contributed by atoms with E-state index < -0.39 is 28.7 Å². The summed E-state index contributed by atoms with van der Waals surface area (Å²) in [5.41, 5.74) is 0.779. The van der Waals surface area contributed by atoms with Crippen LogP contribution in [0.2, 0.25) is 0 Å². The SMILES string of the molecule is COC(=O)Oc1cc(NC(=O)c2c[nH]c3ccc(F)cc3c2=O)c(C(C)(C)C)cc1C(C)(C)C. The van der Waals surface area contributed by atoms with E-state index in [1.165, 1.54) is 25.4 Å². The molecule has 0 saturated heterocycles. The first kappa shape index (κ1) is 25.0. The number of H-pyrrole nitrogens is 1. The Morgan fingerprint density at radius 1 is 0.971 bits per heavy atom. The lowest BCUT2D eigenvalue weighted by Gasteiger charge is -2.29. The monoisotopic (exact) mass is 468 g/mol. The zero-order chi connectivity index (χ0) is 25.4. The number of methoxy groups -OCH3 is 1. The Hall–Kier alpha value is -3.68. The second-order valence-corrected chi connectivity index (χ2v) is 10.1. The molecule has 0 unspecified atom stereocenters. The summed E-state index contributed by atoms with van der Waals surface area (Å²) in [7, 11) is 1.21. The van der Waals surface area contributed by atoms with Gasteiger partial charge in [-0.1, -0.05) is 41.5 Å². The maximum atomic E-state index is 13.7. The van der Waals surface area contributed by atoms with E-state index in [0.717, 1.165) is 17.2 Å². The number of ether oxygens (including phenoxy) is 2. The molecule has 0 fully saturated rings. The van der Waals surface area contributed by atoms with Crippen LogP contribution in [0.15, 0.2) is 41.3 Å². The lowest BCUT2D eigenvalue weighted by Crippen LogP contribution is -2.25. The van der Waals surface area contributed by atoms with Crippen molar-refractivity contribution in [2.75, 3.05) is 12.4 Å². The van der Waals surface area contributed by atoms with Crippen LogP contribution in [0.4, 0.5) is 14.9 Å². The quantitative estimate of drug-likeness (QED) is 0.382. The highest BCUT2D eigenvalue weighted by Gasteiger charge is 2.28. The molecule has 0 bridgehead atoms. The number of rotatable bonds is 3. The van der Waals surface area contributed by atoms with Crippen LogP contribution in [-0.4, -0.2) is 24.2 Å². The molecule has 0 aliphatic heterocycles. The summed E-state index contributed by atoms with van der Waals surface area (Å²) < 4.78 is 23.7.